The van der Waals surface area contributed by atoms with E-state index in [9.17, 15) is 19.2 Å². The maximum Gasteiger partial charge on any atom is 0.261 e. The second kappa shape index (κ2) is 9.21. The smallest absolute Gasteiger partial charge is 0.261 e. The van der Waals surface area contributed by atoms with Crippen molar-refractivity contribution in [1.82, 2.24) is 15.1 Å². The van der Waals surface area contributed by atoms with Gasteiger partial charge in [0.25, 0.3) is 17.7 Å². The van der Waals surface area contributed by atoms with Crippen molar-refractivity contribution in [2.75, 3.05) is 26.7 Å². The van der Waals surface area contributed by atoms with Crippen LogP contribution in [-0.4, -0.2) is 66.2 Å². The first-order valence-corrected chi connectivity index (χ1v) is 10.7. The second-order valence-corrected chi connectivity index (χ2v) is 7.89. The number of para-hydroxylation sites is 1. The molecule has 0 aromatic heterocycles. The normalized spacial score (nSPS) is 16.2. The number of methoxy groups -OCH3 is 1. The zero-order valence-electron chi connectivity index (χ0n) is 17.9. The third kappa shape index (κ3) is 4.21. The minimum Gasteiger partial charge on any atom is -0.496 e. The first kappa shape index (κ1) is 21.5. The lowest BCUT2D eigenvalue weighted by molar-refractivity contribution is -0.122. The third-order valence-corrected chi connectivity index (χ3v) is 5.93. The molecule has 8 nitrogen and oxygen atoms in total. The van der Waals surface area contributed by atoms with Gasteiger partial charge in [0.1, 0.15) is 5.75 Å². The van der Waals surface area contributed by atoms with Crippen molar-refractivity contribution in [3.8, 4) is 5.75 Å². The largest absolute Gasteiger partial charge is 0.496 e. The molecule has 0 radical (unpaired) electrons. The molecule has 0 aliphatic carbocycles. The predicted octanol–water partition coefficient (Wildman–Crippen LogP) is 2.10. The molecular weight excluding hydrogens is 410 g/mol. The van der Waals surface area contributed by atoms with Gasteiger partial charge in [0, 0.05) is 32.1 Å². The average Bonchev–Trinajstić information content (AvgIpc) is 3.07. The van der Waals surface area contributed by atoms with Crippen LogP contribution in [0, 0.1) is 0 Å². The number of ether oxygens (including phenoxy) is 1. The standard InChI is InChI=1S/C24H25N3O5/c1-32-20-9-5-4-8-19(20)22(29)26-13-10-16(11-14-26)25-21(28)12-15-27-23(30)17-6-2-3-7-18(17)24(27)31/h2-9,16H,10-15H2,1H3,(H,25,28). The quantitative estimate of drug-likeness (QED) is 0.701. The lowest BCUT2D eigenvalue weighted by atomic mass is 10.0. The highest BCUT2D eigenvalue weighted by Gasteiger charge is 2.35. The van der Waals surface area contributed by atoms with Crippen molar-refractivity contribution in [2.45, 2.75) is 25.3 Å². The summed E-state index contributed by atoms with van der Waals surface area (Å²) < 4.78 is 5.28. The van der Waals surface area contributed by atoms with E-state index in [1.807, 2.05) is 6.07 Å². The minimum absolute atomic E-state index is 0.0450. The molecule has 4 rings (SSSR count). The van der Waals surface area contributed by atoms with E-state index in [2.05, 4.69) is 5.32 Å². The van der Waals surface area contributed by atoms with Crippen molar-refractivity contribution < 1.29 is 23.9 Å². The zero-order chi connectivity index (χ0) is 22.7. The number of fused-ring (bicyclic) bond motifs is 1. The molecule has 4 amide bonds. The number of piperidine rings is 1. The number of carbonyl (C=O) groups excluding carboxylic acids is 4. The van der Waals surface area contributed by atoms with Crippen LogP contribution in [0.3, 0.4) is 0 Å². The average molecular weight is 435 g/mol. The number of imide groups is 1. The number of amides is 4. The number of hydrogen-bond acceptors (Lipinski definition) is 5. The van der Waals surface area contributed by atoms with Crippen LogP contribution < -0.4 is 10.1 Å². The van der Waals surface area contributed by atoms with Crippen molar-refractivity contribution in [3.63, 3.8) is 0 Å². The molecule has 0 atom stereocenters. The molecule has 2 aromatic carbocycles. The SMILES string of the molecule is COc1ccccc1C(=O)N1CCC(NC(=O)CCN2C(=O)c3ccccc3C2=O)CC1. The van der Waals surface area contributed by atoms with E-state index in [0.717, 1.165) is 4.90 Å². The summed E-state index contributed by atoms with van der Waals surface area (Å²) >= 11 is 0. The van der Waals surface area contributed by atoms with Gasteiger partial charge in [0.15, 0.2) is 0 Å². The summed E-state index contributed by atoms with van der Waals surface area (Å²) in [5.41, 5.74) is 1.29. The zero-order valence-corrected chi connectivity index (χ0v) is 17.9. The van der Waals surface area contributed by atoms with Gasteiger partial charge in [-0.15, -0.1) is 0 Å². The molecule has 1 fully saturated rings. The summed E-state index contributed by atoms with van der Waals surface area (Å²) in [5.74, 6) is -0.474. The second-order valence-electron chi connectivity index (χ2n) is 7.89. The van der Waals surface area contributed by atoms with Crippen LogP contribution >= 0.6 is 0 Å². The molecule has 2 heterocycles. The molecule has 1 N–H and O–H groups in total. The Morgan fingerprint density at radius 3 is 2.19 bits per heavy atom. The predicted molar refractivity (Wildman–Crippen MR) is 116 cm³/mol. The number of hydrogen-bond donors (Lipinski definition) is 1. The van der Waals surface area contributed by atoms with Crippen LogP contribution in [0.2, 0.25) is 0 Å². The van der Waals surface area contributed by atoms with Crippen LogP contribution in [0.5, 0.6) is 5.75 Å². The number of rotatable bonds is 6. The molecule has 2 aliphatic heterocycles. The third-order valence-electron chi connectivity index (χ3n) is 5.93. The summed E-state index contributed by atoms with van der Waals surface area (Å²) in [5, 5.41) is 2.96. The summed E-state index contributed by atoms with van der Waals surface area (Å²) in [7, 11) is 1.54. The first-order valence-electron chi connectivity index (χ1n) is 10.7. The molecule has 8 heteroatoms. The molecule has 0 bridgehead atoms. The Morgan fingerprint density at radius 2 is 1.56 bits per heavy atom. The fraction of sp³-hybridized carbons (Fsp3) is 0.333. The maximum absolute atomic E-state index is 12.8. The van der Waals surface area contributed by atoms with Crippen molar-refractivity contribution >= 4 is 23.6 Å². The van der Waals surface area contributed by atoms with Gasteiger partial charge in [-0.3, -0.25) is 24.1 Å². The lowest BCUT2D eigenvalue weighted by Crippen LogP contribution is -2.47. The summed E-state index contributed by atoms with van der Waals surface area (Å²) in [6.45, 7) is 1.10. The van der Waals surface area contributed by atoms with Crippen molar-refractivity contribution in [3.05, 3.63) is 65.2 Å². The Bertz CT molecular complexity index is 1020. The molecule has 166 valence electrons. The van der Waals surface area contributed by atoms with E-state index in [0.29, 0.717) is 48.4 Å². The number of nitrogens with zero attached hydrogens (tertiary/aromatic N) is 2. The monoisotopic (exact) mass is 435 g/mol. The number of benzene rings is 2. The van der Waals surface area contributed by atoms with Crippen LogP contribution in [0.4, 0.5) is 0 Å². The Kier molecular flexibility index (Phi) is 6.20. The van der Waals surface area contributed by atoms with E-state index >= 15 is 0 Å². The van der Waals surface area contributed by atoms with E-state index < -0.39 is 0 Å². The molecule has 2 aromatic rings. The van der Waals surface area contributed by atoms with E-state index in [1.165, 1.54) is 7.11 Å². The maximum atomic E-state index is 12.8. The summed E-state index contributed by atoms with van der Waals surface area (Å²) in [6, 6.07) is 13.7. The van der Waals surface area contributed by atoms with Crippen LogP contribution in [0.1, 0.15) is 50.3 Å². The van der Waals surface area contributed by atoms with Gasteiger partial charge in [-0.25, -0.2) is 0 Å². The van der Waals surface area contributed by atoms with Gasteiger partial charge in [-0.05, 0) is 37.1 Å². The molecule has 32 heavy (non-hydrogen) atoms. The highest BCUT2D eigenvalue weighted by molar-refractivity contribution is 6.21. The fourth-order valence-electron chi connectivity index (χ4n) is 4.17. The van der Waals surface area contributed by atoms with E-state index in [1.54, 1.807) is 47.4 Å². The Labute approximate surface area is 186 Å². The molecule has 0 spiro atoms. The van der Waals surface area contributed by atoms with Crippen LogP contribution in [0.25, 0.3) is 0 Å². The lowest BCUT2D eigenvalue weighted by Gasteiger charge is -2.32. The summed E-state index contributed by atoms with van der Waals surface area (Å²) in [6.07, 6.45) is 1.32. The molecular formula is C24H25N3O5. The minimum atomic E-state index is -0.360. The van der Waals surface area contributed by atoms with Crippen molar-refractivity contribution in [2.24, 2.45) is 0 Å². The van der Waals surface area contributed by atoms with Gasteiger partial charge in [-0.2, -0.15) is 0 Å². The Morgan fingerprint density at radius 1 is 0.969 bits per heavy atom. The molecule has 0 unspecified atom stereocenters. The van der Waals surface area contributed by atoms with E-state index in [-0.39, 0.29) is 42.6 Å². The van der Waals surface area contributed by atoms with Gasteiger partial charge < -0.3 is 15.0 Å². The van der Waals surface area contributed by atoms with Gasteiger partial charge >= 0.3 is 0 Å². The number of nitrogens with one attached hydrogen (secondary N) is 1. The van der Waals surface area contributed by atoms with Crippen LogP contribution in [-0.2, 0) is 4.79 Å². The first-order chi connectivity index (χ1) is 15.5. The molecule has 0 saturated carbocycles. The highest BCUT2D eigenvalue weighted by atomic mass is 16.5. The van der Waals surface area contributed by atoms with Crippen molar-refractivity contribution in [1.29, 1.82) is 0 Å². The van der Waals surface area contributed by atoms with Gasteiger partial charge in [0.05, 0.1) is 23.8 Å². The number of likely N-dealkylation sites (tertiary alicyclic amines) is 1. The topological polar surface area (TPSA) is 96.0 Å². The molecule has 2 aliphatic rings. The number of carbonyl (C=O) groups is 4. The van der Waals surface area contributed by atoms with Gasteiger partial charge in [0.2, 0.25) is 5.91 Å². The van der Waals surface area contributed by atoms with E-state index in [4.69, 9.17) is 4.74 Å². The Hall–Kier alpha value is -3.68. The molecule has 1 saturated heterocycles. The highest BCUT2D eigenvalue weighted by Crippen LogP contribution is 2.23. The summed E-state index contributed by atoms with van der Waals surface area (Å²) in [4.78, 5) is 52.9. The Balaban J connectivity index is 1.25. The fourth-order valence-corrected chi connectivity index (χ4v) is 4.17. The van der Waals surface area contributed by atoms with Gasteiger partial charge in [-0.1, -0.05) is 24.3 Å². The van der Waals surface area contributed by atoms with Crippen LogP contribution in [0.15, 0.2) is 48.5 Å².